The second-order valence-corrected chi connectivity index (χ2v) is 10.9. The molecule has 1 rings (SSSR count). The number of amides is 2. The Kier molecular flexibility index (Phi) is 11.6. The third kappa shape index (κ3) is 6.72. The number of carbonyl (C=O) groups is 3. The van der Waals surface area contributed by atoms with Gasteiger partial charge >= 0.3 is 5.97 Å². The van der Waals surface area contributed by atoms with Crippen molar-refractivity contribution in [2.45, 2.75) is 83.1 Å². The fourth-order valence-electron chi connectivity index (χ4n) is 4.74. The Labute approximate surface area is 209 Å². The van der Waals surface area contributed by atoms with Crippen molar-refractivity contribution in [2.24, 2.45) is 11.1 Å². The van der Waals surface area contributed by atoms with Crippen LogP contribution in [0.2, 0.25) is 0 Å². The van der Waals surface area contributed by atoms with Crippen molar-refractivity contribution in [1.82, 2.24) is 10.2 Å². The van der Waals surface area contributed by atoms with E-state index in [2.05, 4.69) is 5.32 Å². The van der Waals surface area contributed by atoms with Crippen LogP contribution < -0.4 is 11.1 Å². The third-order valence-corrected chi connectivity index (χ3v) is 8.08. The van der Waals surface area contributed by atoms with Crippen molar-refractivity contribution in [2.75, 3.05) is 13.6 Å². The summed E-state index contributed by atoms with van der Waals surface area (Å²) in [4.78, 5) is 40.9. The molecule has 0 heterocycles. The highest BCUT2D eigenvalue weighted by Gasteiger charge is 2.70. The van der Waals surface area contributed by atoms with Crippen LogP contribution in [0, 0.1) is 5.41 Å². The highest BCUT2D eigenvalue weighted by Crippen LogP contribution is 2.54. The second-order valence-electron chi connectivity index (χ2n) is 9.82. The topological polar surface area (TPSA) is 150 Å². The first kappa shape index (κ1) is 30.8. The molecule has 0 aliphatic rings. The number of nitrogens with one attached hydrogen (secondary N) is 1. The Morgan fingerprint density at radius 3 is 2.17 bits per heavy atom. The van der Waals surface area contributed by atoms with Gasteiger partial charge < -0.3 is 30.7 Å². The molecule has 0 aliphatic heterocycles. The van der Waals surface area contributed by atoms with Crippen LogP contribution in [-0.4, -0.2) is 63.4 Å². The maximum Gasteiger partial charge on any atom is 0.338 e. The molecule has 198 valence electrons. The van der Waals surface area contributed by atoms with E-state index >= 15 is 0 Å². The van der Waals surface area contributed by atoms with E-state index in [1.165, 1.54) is 20.9 Å². The number of nitrogens with zero attached hydrogens (tertiary/aromatic N) is 1. The number of hydrogen-bond donors (Lipinski definition) is 4. The van der Waals surface area contributed by atoms with E-state index in [1.54, 1.807) is 13.8 Å². The SMILES string of the molecule is CC(C)NC(=O)C(CCCCN)(C(C)(C)O)[C@@]([PH2]=O)(C(=O)O)N(C)C(=O)CCCc1ccccc1. The summed E-state index contributed by atoms with van der Waals surface area (Å²) in [6, 6.07) is 9.18. The van der Waals surface area contributed by atoms with Gasteiger partial charge in [-0.3, -0.25) is 9.59 Å². The molecule has 9 nitrogen and oxygen atoms in total. The number of aryl methyl sites for hydroxylation is 1. The fraction of sp³-hybridized carbons (Fsp3) is 0.640. The lowest BCUT2D eigenvalue weighted by molar-refractivity contribution is -0.183. The molecule has 0 saturated carbocycles. The number of nitrogens with two attached hydrogens (primary N) is 1. The molecule has 3 atom stereocenters. The summed E-state index contributed by atoms with van der Waals surface area (Å²) in [5, 5.41) is 22.1. The Bertz CT molecular complexity index is 874. The summed E-state index contributed by atoms with van der Waals surface area (Å²) in [6.45, 7) is 6.37. The smallest absolute Gasteiger partial charge is 0.338 e. The number of aliphatic carboxylic acids is 1. The van der Waals surface area contributed by atoms with Gasteiger partial charge in [0.2, 0.25) is 17.1 Å². The van der Waals surface area contributed by atoms with Crippen LogP contribution in [0.3, 0.4) is 0 Å². The number of carboxylic acid groups (broad SMARTS) is 1. The molecule has 35 heavy (non-hydrogen) atoms. The lowest BCUT2D eigenvalue weighted by Gasteiger charge is -2.54. The van der Waals surface area contributed by atoms with Gasteiger partial charge in [-0.15, -0.1) is 0 Å². The van der Waals surface area contributed by atoms with Gasteiger partial charge in [-0.2, -0.15) is 0 Å². The lowest BCUT2D eigenvalue weighted by Crippen LogP contribution is -2.73. The van der Waals surface area contributed by atoms with Crippen LogP contribution in [0.5, 0.6) is 0 Å². The van der Waals surface area contributed by atoms with Crippen molar-refractivity contribution in [3.8, 4) is 0 Å². The zero-order valence-corrected chi connectivity index (χ0v) is 22.7. The molecule has 0 saturated heterocycles. The van der Waals surface area contributed by atoms with Crippen molar-refractivity contribution in [3.63, 3.8) is 0 Å². The van der Waals surface area contributed by atoms with Gasteiger partial charge in [-0.05, 0) is 65.5 Å². The van der Waals surface area contributed by atoms with Gasteiger partial charge in [-0.1, -0.05) is 36.8 Å². The molecule has 0 fully saturated rings. The van der Waals surface area contributed by atoms with Gasteiger partial charge in [0.1, 0.15) is 13.9 Å². The van der Waals surface area contributed by atoms with E-state index in [-0.39, 0.29) is 18.9 Å². The quantitative estimate of drug-likeness (QED) is 0.209. The molecule has 0 spiro atoms. The van der Waals surface area contributed by atoms with E-state index in [1.807, 2.05) is 30.3 Å². The van der Waals surface area contributed by atoms with Gasteiger partial charge in [0.05, 0.1) is 5.60 Å². The van der Waals surface area contributed by atoms with Crippen LogP contribution in [0.15, 0.2) is 30.3 Å². The van der Waals surface area contributed by atoms with Crippen molar-refractivity contribution in [1.29, 1.82) is 0 Å². The number of aliphatic hydroxyl groups is 1. The Hall–Kier alpha value is -2.22. The van der Waals surface area contributed by atoms with E-state index in [4.69, 9.17) is 5.73 Å². The zero-order chi connectivity index (χ0) is 26.9. The standard InChI is InChI=1S/C25H42N3O6P/c1-18(2)27-21(30)24(23(3,4)33,16-9-10-17-26)25(35-34,22(31)32)28(5)20(29)15-11-14-19-12-7-6-8-13-19/h6-8,12-13,18,33H,9-11,14-17,26,35H2,1-5H3,(H,27,30)(H,31,32)/t24?,25-/m0/s1. The number of carbonyl (C=O) groups excluding carboxylic acids is 2. The van der Waals surface area contributed by atoms with Crippen molar-refractivity contribution in [3.05, 3.63) is 35.9 Å². The molecule has 2 unspecified atom stereocenters. The minimum Gasteiger partial charge on any atom is -0.479 e. The molecule has 0 bridgehead atoms. The van der Waals surface area contributed by atoms with Crippen LogP contribution in [-0.2, 0) is 25.4 Å². The highest BCUT2D eigenvalue weighted by molar-refractivity contribution is 7.28. The first-order valence-electron chi connectivity index (χ1n) is 12.1. The normalized spacial score (nSPS) is 15.5. The van der Waals surface area contributed by atoms with E-state index in [0.29, 0.717) is 32.2 Å². The van der Waals surface area contributed by atoms with Crippen molar-refractivity contribution >= 4 is 26.2 Å². The molecule has 1 aromatic rings. The van der Waals surface area contributed by atoms with Gasteiger partial charge in [0.25, 0.3) is 0 Å². The summed E-state index contributed by atoms with van der Waals surface area (Å²) >= 11 is 0. The molecule has 1 aromatic carbocycles. The van der Waals surface area contributed by atoms with E-state index in [0.717, 1.165) is 10.5 Å². The molecule has 10 heteroatoms. The van der Waals surface area contributed by atoms with Gasteiger partial charge in [0, 0.05) is 19.5 Å². The first-order valence-corrected chi connectivity index (χ1v) is 13.1. The maximum absolute atomic E-state index is 13.7. The second kappa shape index (κ2) is 13.2. The Balaban J connectivity index is 3.55. The molecular weight excluding hydrogens is 469 g/mol. The minimum absolute atomic E-state index is 0.00357. The zero-order valence-electron chi connectivity index (χ0n) is 21.5. The summed E-state index contributed by atoms with van der Waals surface area (Å²) in [5.41, 5.74) is 2.64. The molecular formula is C25H42N3O6P. The number of hydrogen-bond acceptors (Lipinski definition) is 6. The predicted octanol–water partition coefficient (Wildman–Crippen LogP) is 2.42. The fourth-order valence-corrected chi connectivity index (χ4v) is 5.98. The van der Waals surface area contributed by atoms with E-state index < -0.39 is 42.5 Å². The Morgan fingerprint density at radius 1 is 1.11 bits per heavy atom. The van der Waals surface area contributed by atoms with Crippen LogP contribution >= 0.6 is 8.46 Å². The monoisotopic (exact) mass is 511 g/mol. The number of rotatable bonds is 15. The highest BCUT2D eigenvalue weighted by atomic mass is 31.1. The molecule has 0 aliphatic carbocycles. The molecule has 0 radical (unpaired) electrons. The number of unbranched alkanes of at least 4 members (excludes halogenated alkanes) is 1. The molecule has 5 N–H and O–H groups in total. The van der Waals surface area contributed by atoms with Gasteiger partial charge in [0.15, 0.2) is 0 Å². The first-order chi connectivity index (χ1) is 16.3. The molecule has 2 amide bonds. The van der Waals surface area contributed by atoms with Crippen LogP contribution in [0.25, 0.3) is 0 Å². The van der Waals surface area contributed by atoms with E-state index in [9.17, 15) is 29.2 Å². The van der Waals surface area contributed by atoms with Crippen LogP contribution in [0.4, 0.5) is 0 Å². The average Bonchev–Trinajstić information content (AvgIpc) is 2.77. The summed E-state index contributed by atoms with van der Waals surface area (Å²) in [7, 11) is -0.991. The summed E-state index contributed by atoms with van der Waals surface area (Å²) in [5.74, 6) is -2.90. The minimum atomic E-state index is -2.44. The number of carboxylic acids is 1. The third-order valence-electron chi connectivity index (χ3n) is 6.61. The largest absolute Gasteiger partial charge is 0.479 e. The molecule has 0 aromatic heterocycles. The van der Waals surface area contributed by atoms with Gasteiger partial charge in [-0.25, -0.2) is 4.79 Å². The van der Waals surface area contributed by atoms with Crippen molar-refractivity contribution < 1.29 is 29.2 Å². The summed E-state index contributed by atoms with van der Waals surface area (Å²) < 4.78 is 12.9. The van der Waals surface area contributed by atoms with Crippen LogP contribution in [0.1, 0.15) is 65.4 Å². The predicted molar refractivity (Wildman–Crippen MR) is 138 cm³/mol. The maximum atomic E-state index is 13.7. The Morgan fingerprint density at radius 2 is 1.71 bits per heavy atom. The average molecular weight is 512 g/mol. The number of likely N-dealkylation sites (N-methyl/N-ethyl adjacent to an activating group) is 1. The summed E-state index contributed by atoms with van der Waals surface area (Å²) in [6.07, 6.45) is 1.69. The number of benzene rings is 1. The lowest BCUT2D eigenvalue weighted by atomic mass is 9.63.